The van der Waals surface area contributed by atoms with Crippen LogP contribution in [-0.4, -0.2) is 13.4 Å². The second-order valence-corrected chi connectivity index (χ2v) is 2.16. The van der Waals surface area contributed by atoms with Gasteiger partial charge in [0.05, 0.1) is 6.61 Å². The Kier molecular flexibility index (Phi) is 6.98. The highest BCUT2D eigenvalue weighted by Gasteiger charge is 2.03. The maximum atomic E-state index is 5.23. The van der Waals surface area contributed by atoms with Crippen molar-refractivity contribution in [3.8, 4) is 0 Å². The Balaban J connectivity index is 3.21. The maximum Gasteiger partial charge on any atom is 0.157 e. The van der Waals surface area contributed by atoms with Crippen molar-refractivity contribution in [2.75, 3.05) is 7.11 Å². The van der Waals surface area contributed by atoms with Crippen molar-refractivity contribution in [1.29, 1.82) is 0 Å². The lowest BCUT2D eigenvalue weighted by Gasteiger charge is -2.13. The summed E-state index contributed by atoms with van der Waals surface area (Å²) in [7, 11) is 1.67. The van der Waals surface area contributed by atoms with Crippen LogP contribution in [0.3, 0.4) is 0 Å². The van der Waals surface area contributed by atoms with Gasteiger partial charge in [-0.3, -0.25) is 0 Å². The molecule has 0 bridgehead atoms. The molecule has 0 aromatic carbocycles. The molecule has 0 rings (SSSR count). The van der Waals surface area contributed by atoms with Crippen LogP contribution in [0.15, 0.2) is 0 Å². The predicted octanol–water partition coefficient (Wildman–Crippen LogP) is 2.35. The quantitative estimate of drug-likeness (QED) is 0.534. The van der Waals surface area contributed by atoms with Crippen LogP contribution in [0, 0.1) is 6.61 Å². The molecule has 0 aromatic heterocycles. The smallest absolute Gasteiger partial charge is 0.157 e. The minimum atomic E-state index is -0.0371. The number of ether oxygens (including phenoxy) is 2. The van der Waals surface area contributed by atoms with Gasteiger partial charge in [0.15, 0.2) is 6.29 Å². The first kappa shape index (κ1) is 9.92. The van der Waals surface area contributed by atoms with Crippen LogP contribution in [0.5, 0.6) is 0 Å². The van der Waals surface area contributed by atoms with E-state index in [-0.39, 0.29) is 6.29 Å². The minimum Gasteiger partial charge on any atom is -0.356 e. The molecule has 0 heterocycles. The lowest BCUT2D eigenvalue weighted by Crippen LogP contribution is -2.12. The molecule has 0 aliphatic heterocycles. The van der Waals surface area contributed by atoms with Crippen LogP contribution >= 0.6 is 0 Å². The van der Waals surface area contributed by atoms with Crippen molar-refractivity contribution >= 4 is 0 Å². The van der Waals surface area contributed by atoms with Gasteiger partial charge in [-0.1, -0.05) is 20.3 Å². The Morgan fingerprint density at radius 2 is 2.10 bits per heavy atom. The van der Waals surface area contributed by atoms with Gasteiger partial charge in [0, 0.05) is 7.11 Å². The molecule has 0 aliphatic rings. The summed E-state index contributed by atoms with van der Waals surface area (Å²) in [6.45, 7) is 5.93. The SMILES string of the molecule is CC[CH]OC(CCC)OC. The fraction of sp³-hybridized carbons (Fsp3) is 0.875. The molecule has 0 N–H and O–H groups in total. The van der Waals surface area contributed by atoms with Gasteiger partial charge in [0.2, 0.25) is 0 Å². The highest BCUT2D eigenvalue weighted by atomic mass is 16.7. The summed E-state index contributed by atoms with van der Waals surface area (Å²) >= 11 is 0. The summed E-state index contributed by atoms with van der Waals surface area (Å²) in [5.74, 6) is 0. The molecule has 0 saturated carbocycles. The molecule has 61 valence electrons. The lowest BCUT2D eigenvalue weighted by atomic mass is 10.3. The van der Waals surface area contributed by atoms with E-state index >= 15 is 0 Å². The molecule has 0 spiro atoms. The average molecular weight is 145 g/mol. The summed E-state index contributed by atoms with van der Waals surface area (Å²) in [5, 5.41) is 0. The first-order valence-corrected chi connectivity index (χ1v) is 3.85. The first-order valence-electron chi connectivity index (χ1n) is 3.85. The molecule has 2 nitrogen and oxygen atoms in total. The van der Waals surface area contributed by atoms with Gasteiger partial charge in [-0.15, -0.1) is 0 Å². The van der Waals surface area contributed by atoms with Crippen molar-refractivity contribution < 1.29 is 9.47 Å². The van der Waals surface area contributed by atoms with Gasteiger partial charge in [-0.2, -0.15) is 0 Å². The van der Waals surface area contributed by atoms with Crippen molar-refractivity contribution in [3.63, 3.8) is 0 Å². The molecule has 1 radical (unpaired) electrons. The highest BCUT2D eigenvalue weighted by molar-refractivity contribution is 4.49. The second kappa shape index (κ2) is 7.03. The zero-order valence-electron chi connectivity index (χ0n) is 7.09. The van der Waals surface area contributed by atoms with E-state index in [1.54, 1.807) is 13.7 Å². The van der Waals surface area contributed by atoms with E-state index in [0.29, 0.717) is 0 Å². The molecule has 0 aliphatic carbocycles. The summed E-state index contributed by atoms with van der Waals surface area (Å²) in [5.41, 5.74) is 0. The Hall–Kier alpha value is -0.0800. The monoisotopic (exact) mass is 145 g/mol. The molecule has 0 aromatic rings. The van der Waals surface area contributed by atoms with E-state index in [4.69, 9.17) is 9.47 Å². The van der Waals surface area contributed by atoms with Crippen molar-refractivity contribution in [2.24, 2.45) is 0 Å². The lowest BCUT2D eigenvalue weighted by molar-refractivity contribution is -0.104. The van der Waals surface area contributed by atoms with E-state index in [2.05, 4.69) is 6.92 Å². The van der Waals surface area contributed by atoms with Gasteiger partial charge >= 0.3 is 0 Å². The average Bonchev–Trinajstić information content (AvgIpc) is 1.98. The third kappa shape index (κ3) is 4.77. The maximum absolute atomic E-state index is 5.23. The van der Waals surface area contributed by atoms with Crippen LogP contribution in [0.25, 0.3) is 0 Å². The Morgan fingerprint density at radius 1 is 1.40 bits per heavy atom. The summed E-state index contributed by atoms with van der Waals surface area (Å²) in [6.07, 6.45) is 2.96. The molecule has 1 unspecified atom stereocenters. The van der Waals surface area contributed by atoms with Gasteiger partial charge in [0.25, 0.3) is 0 Å². The van der Waals surface area contributed by atoms with Crippen LogP contribution in [-0.2, 0) is 9.47 Å². The molecule has 0 saturated heterocycles. The van der Waals surface area contributed by atoms with Gasteiger partial charge in [-0.05, 0) is 12.8 Å². The Bertz CT molecular complexity index is 64.3. The second-order valence-electron chi connectivity index (χ2n) is 2.16. The summed E-state index contributed by atoms with van der Waals surface area (Å²) in [4.78, 5) is 0. The zero-order valence-corrected chi connectivity index (χ0v) is 7.09. The molecular formula is C8H17O2. The van der Waals surface area contributed by atoms with Crippen LogP contribution in [0.2, 0.25) is 0 Å². The van der Waals surface area contributed by atoms with E-state index < -0.39 is 0 Å². The van der Waals surface area contributed by atoms with Crippen LogP contribution in [0.1, 0.15) is 33.1 Å². The molecule has 2 heteroatoms. The Labute approximate surface area is 63.5 Å². The summed E-state index contributed by atoms with van der Waals surface area (Å²) in [6, 6.07) is 0. The molecule has 0 amide bonds. The van der Waals surface area contributed by atoms with Gasteiger partial charge < -0.3 is 9.47 Å². The largest absolute Gasteiger partial charge is 0.356 e. The minimum absolute atomic E-state index is 0.0371. The van der Waals surface area contributed by atoms with E-state index in [9.17, 15) is 0 Å². The van der Waals surface area contributed by atoms with Crippen LogP contribution in [0.4, 0.5) is 0 Å². The topological polar surface area (TPSA) is 18.5 Å². The molecule has 10 heavy (non-hydrogen) atoms. The van der Waals surface area contributed by atoms with Crippen molar-refractivity contribution in [1.82, 2.24) is 0 Å². The van der Waals surface area contributed by atoms with Crippen LogP contribution < -0.4 is 0 Å². The fourth-order valence-corrected chi connectivity index (χ4v) is 0.681. The molecule has 0 fully saturated rings. The summed E-state index contributed by atoms with van der Waals surface area (Å²) < 4.78 is 10.3. The zero-order chi connectivity index (χ0) is 7.82. The van der Waals surface area contributed by atoms with Gasteiger partial charge in [-0.25, -0.2) is 0 Å². The third-order valence-corrected chi connectivity index (χ3v) is 1.20. The predicted molar refractivity (Wildman–Crippen MR) is 41.4 cm³/mol. The van der Waals surface area contributed by atoms with Crippen molar-refractivity contribution in [3.05, 3.63) is 6.61 Å². The van der Waals surface area contributed by atoms with E-state index in [1.807, 2.05) is 6.92 Å². The molecular weight excluding hydrogens is 128 g/mol. The highest BCUT2D eigenvalue weighted by Crippen LogP contribution is 2.04. The van der Waals surface area contributed by atoms with E-state index in [0.717, 1.165) is 19.3 Å². The first-order chi connectivity index (χ1) is 4.85. The standard InChI is InChI=1S/C8H17O2/c1-4-6-8(9-3)10-7-5-2/h7-8H,4-6H2,1-3H3. The third-order valence-electron chi connectivity index (χ3n) is 1.20. The fourth-order valence-electron chi connectivity index (χ4n) is 0.681. The number of hydrogen-bond donors (Lipinski definition) is 0. The van der Waals surface area contributed by atoms with E-state index in [1.165, 1.54) is 0 Å². The normalized spacial score (nSPS) is 13.5. The van der Waals surface area contributed by atoms with Crippen molar-refractivity contribution in [2.45, 2.75) is 39.4 Å². The number of methoxy groups -OCH3 is 1. The number of rotatable bonds is 6. The number of hydrogen-bond acceptors (Lipinski definition) is 2. The Morgan fingerprint density at radius 3 is 2.50 bits per heavy atom. The molecule has 1 atom stereocenters. The van der Waals surface area contributed by atoms with Gasteiger partial charge in [0.1, 0.15) is 0 Å².